The van der Waals surface area contributed by atoms with E-state index in [1.807, 2.05) is 18.2 Å². The molecular weight excluding hydrogens is 355 g/mol. The number of rotatable bonds is 5. The fourth-order valence-electron chi connectivity index (χ4n) is 2.71. The summed E-state index contributed by atoms with van der Waals surface area (Å²) in [6, 6.07) is 14.4. The molecule has 2 aromatic rings. The minimum Gasteiger partial charge on any atom is -0.349 e. The molecule has 1 amide bonds. The van der Waals surface area contributed by atoms with E-state index in [0.717, 1.165) is 23.3 Å². The molecule has 1 atom stereocenters. The molecule has 1 unspecified atom stereocenters. The summed E-state index contributed by atoms with van der Waals surface area (Å²) in [6.07, 6.45) is 0.813. The summed E-state index contributed by atoms with van der Waals surface area (Å²) in [5, 5.41) is 11.8. The lowest BCUT2D eigenvalue weighted by Crippen LogP contribution is -2.32. The Morgan fingerprint density at radius 3 is 2.88 bits per heavy atom. The van der Waals surface area contributed by atoms with Crippen LogP contribution in [0.2, 0.25) is 0 Å². The fraction of sp³-hybridized carbons (Fsp3) is 0.263. The van der Waals surface area contributed by atoms with E-state index in [0.29, 0.717) is 22.0 Å². The number of carbonyl (C=O) groups excluding carboxylic acids is 1. The summed E-state index contributed by atoms with van der Waals surface area (Å²) in [4.78, 5) is 12.9. The highest BCUT2D eigenvalue weighted by Gasteiger charge is 2.24. The SMILES string of the molecule is N#Cc1ccc(CSCC(=O)NC2CCSc3c(F)cccc32)cc1. The average molecular weight is 372 g/mol. The Kier molecular flexibility index (Phi) is 6.00. The van der Waals surface area contributed by atoms with Crippen molar-refractivity contribution in [3.8, 4) is 6.07 Å². The fourth-order valence-corrected chi connectivity index (χ4v) is 4.65. The molecule has 25 heavy (non-hydrogen) atoms. The van der Waals surface area contributed by atoms with Crippen molar-refractivity contribution < 1.29 is 9.18 Å². The zero-order valence-electron chi connectivity index (χ0n) is 13.5. The number of hydrogen-bond donors (Lipinski definition) is 1. The highest BCUT2D eigenvalue weighted by atomic mass is 32.2. The van der Waals surface area contributed by atoms with Gasteiger partial charge in [0.2, 0.25) is 5.91 Å². The standard InChI is InChI=1S/C19H17FN2OS2/c20-16-3-1-2-15-17(8-9-25-19(15)16)22-18(23)12-24-11-14-6-4-13(10-21)5-7-14/h1-7,17H,8-9,11-12H2,(H,22,23). The molecule has 1 aliphatic rings. The zero-order valence-corrected chi connectivity index (χ0v) is 15.1. The molecule has 0 aromatic heterocycles. The number of hydrogen-bond acceptors (Lipinski definition) is 4. The van der Waals surface area contributed by atoms with Crippen molar-refractivity contribution in [1.82, 2.24) is 5.32 Å². The molecule has 0 spiro atoms. The van der Waals surface area contributed by atoms with E-state index in [1.54, 1.807) is 18.2 Å². The Hall–Kier alpha value is -1.97. The smallest absolute Gasteiger partial charge is 0.230 e. The number of fused-ring (bicyclic) bond motifs is 1. The molecule has 3 rings (SSSR count). The predicted molar refractivity (Wildman–Crippen MR) is 99.9 cm³/mol. The predicted octanol–water partition coefficient (Wildman–Crippen LogP) is 4.28. The van der Waals surface area contributed by atoms with E-state index in [2.05, 4.69) is 11.4 Å². The Morgan fingerprint density at radius 2 is 2.12 bits per heavy atom. The Bertz CT molecular complexity index is 802. The second kappa shape index (κ2) is 8.41. The second-order valence-electron chi connectivity index (χ2n) is 5.72. The Balaban J connectivity index is 1.52. The van der Waals surface area contributed by atoms with Gasteiger partial charge >= 0.3 is 0 Å². The van der Waals surface area contributed by atoms with Gasteiger partial charge < -0.3 is 5.32 Å². The zero-order chi connectivity index (χ0) is 17.6. The van der Waals surface area contributed by atoms with Gasteiger partial charge in [0, 0.05) is 16.4 Å². The number of halogens is 1. The Labute approximate surface area is 155 Å². The number of benzene rings is 2. The summed E-state index contributed by atoms with van der Waals surface area (Å²) in [5.41, 5.74) is 2.59. The number of thioether (sulfide) groups is 2. The molecule has 1 heterocycles. The third-order valence-corrected chi connectivity index (χ3v) is 6.11. The first-order valence-electron chi connectivity index (χ1n) is 7.94. The third kappa shape index (κ3) is 4.56. The molecule has 0 saturated carbocycles. The van der Waals surface area contributed by atoms with Crippen molar-refractivity contribution >= 4 is 29.4 Å². The van der Waals surface area contributed by atoms with Crippen molar-refractivity contribution in [3.05, 3.63) is 65.0 Å². The van der Waals surface area contributed by atoms with Gasteiger partial charge in [-0.15, -0.1) is 23.5 Å². The van der Waals surface area contributed by atoms with Crippen LogP contribution < -0.4 is 5.32 Å². The quantitative estimate of drug-likeness (QED) is 0.851. The van der Waals surface area contributed by atoms with Gasteiger partial charge in [-0.25, -0.2) is 4.39 Å². The maximum atomic E-state index is 13.9. The molecular formula is C19H17FN2OS2. The molecule has 1 N–H and O–H groups in total. The molecule has 0 saturated heterocycles. The summed E-state index contributed by atoms with van der Waals surface area (Å²) >= 11 is 3.04. The monoisotopic (exact) mass is 372 g/mol. The molecule has 0 fully saturated rings. The van der Waals surface area contributed by atoms with Gasteiger partial charge in [0.25, 0.3) is 0 Å². The van der Waals surface area contributed by atoms with E-state index >= 15 is 0 Å². The van der Waals surface area contributed by atoms with Gasteiger partial charge in [-0.1, -0.05) is 24.3 Å². The van der Waals surface area contributed by atoms with Gasteiger partial charge in [-0.2, -0.15) is 5.26 Å². The first kappa shape index (κ1) is 17.8. The van der Waals surface area contributed by atoms with Crippen molar-refractivity contribution in [3.63, 3.8) is 0 Å². The van der Waals surface area contributed by atoms with Crippen LogP contribution >= 0.6 is 23.5 Å². The number of amides is 1. The van der Waals surface area contributed by atoms with Gasteiger partial charge in [-0.3, -0.25) is 4.79 Å². The molecule has 0 radical (unpaired) electrons. The van der Waals surface area contributed by atoms with Crippen LogP contribution in [0.1, 0.15) is 29.2 Å². The van der Waals surface area contributed by atoms with Gasteiger partial charge in [0.1, 0.15) is 5.82 Å². The van der Waals surface area contributed by atoms with Crippen LogP contribution in [0.15, 0.2) is 47.4 Å². The van der Waals surface area contributed by atoms with Crippen molar-refractivity contribution in [2.24, 2.45) is 0 Å². The molecule has 1 aliphatic heterocycles. The average Bonchev–Trinajstić information content (AvgIpc) is 2.63. The van der Waals surface area contributed by atoms with Crippen LogP contribution in [-0.2, 0) is 10.5 Å². The molecule has 0 bridgehead atoms. The van der Waals surface area contributed by atoms with Crippen LogP contribution in [0.4, 0.5) is 4.39 Å². The van der Waals surface area contributed by atoms with E-state index in [4.69, 9.17) is 5.26 Å². The molecule has 0 aliphatic carbocycles. The van der Waals surface area contributed by atoms with Crippen molar-refractivity contribution in [2.75, 3.05) is 11.5 Å². The van der Waals surface area contributed by atoms with Crippen LogP contribution in [0.3, 0.4) is 0 Å². The first-order valence-corrected chi connectivity index (χ1v) is 10.1. The molecule has 128 valence electrons. The van der Waals surface area contributed by atoms with Crippen LogP contribution in [0, 0.1) is 17.1 Å². The van der Waals surface area contributed by atoms with Gasteiger partial charge in [-0.05, 0) is 35.7 Å². The summed E-state index contributed by atoms with van der Waals surface area (Å²) in [5.74, 6) is 1.62. The molecule has 2 aromatic carbocycles. The van der Waals surface area contributed by atoms with Gasteiger partial charge in [0.05, 0.1) is 23.4 Å². The number of nitriles is 1. The number of nitrogens with zero attached hydrogens (tertiary/aromatic N) is 1. The largest absolute Gasteiger partial charge is 0.349 e. The normalized spacial score (nSPS) is 15.9. The second-order valence-corrected chi connectivity index (χ2v) is 7.81. The highest BCUT2D eigenvalue weighted by Crippen LogP contribution is 2.37. The minimum absolute atomic E-state index is 0.0363. The third-order valence-electron chi connectivity index (χ3n) is 3.95. The first-order chi connectivity index (χ1) is 12.2. The topological polar surface area (TPSA) is 52.9 Å². The minimum atomic E-state index is -0.211. The number of carbonyl (C=O) groups is 1. The Morgan fingerprint density at radius 1 is 1.32 bits per heavy atom. The summed E-state index contributed by atoms with van der Waals surface area (Å²) in [7, 11) is 0. The lowest BCUT2D eigenvalue weighted by atomic mass is 10.0. The lowest BCUT2D eigenvalue weighted by Gasteiger charge is -2.26. The summed E-state index contributed by atoms with van der Waals surface area (Å²) in [6.45, 7) is 0. The van der Waals surface area contributed by atoms with E-state index < -0.39 is 0 Å². The van der Waals surface area contributed by atoms with E-state index in [-0.39, 0.29) is 17.8 Å². The summed E-state index contributed by atoms with van der Waals surface area (Å²) < 4.78 is 13.9. The lowest BCUT2D eigenvalue weighted by molar-refractivity contribution is -0.119. The highest BCUT2D eigenvalue weighted by molar-refractivity contribution is 7.99. The van der Waals surface area contributed by atoms with Crippen molar-refractivity contribution in [2.45, 2.75) is 23.1 Å². The maximum Gasteiger partial charge on any atom is 0.230 e. The van der Waals surface area contributed by atoms with Gasteiger partial charge in [0.15, 0.2) is 0 Å². The van der Waals surface area contributed by atoms with Crippen molar-refractivity contribution in [1.29, 1.82) is 5.26 Å². The van der Waals surface area contributed by atoms with Crippen LogP contribution in [0.5, 0.6) is 0 Å². The molecule has 3 nitrogen and oxygen atoms in total. The van der Waals surface area contributed by atoms with Crippen LogP contribution in [0.25, 0.3) is 0 Å². The van der Waals surface area contributed by atoms with E-state index in [1.165, 1.54) is 29.6 Å². The molecule has 6 heteroatoms. The van der Waals surface area contributed by atoms with Crippen LogP contribution in [-0.4, -0.2) is 17.4 Å². The maximum absolute atomic E-state index is 13.9. The van der Waals surface area contributed by atoms with E-state index in [9.17, 15) is 9.18 Å². The number of nitrogens with one attached hydrogen (secondary N) is 1.